The molecule has 1 aliphatic rings. The molecule has 1 amide bonds. The van der Waals surface area contributed by atoms with Gasteiger partial charge in [-0.1, -0.05) is 47.5 Å². The highest BCUT2D eigenvalue weighted by Gasteiger charge is 2.36. The van der Waals surface area contributed by atoms with Gasteiger partial charge in [0.1, 0.15) is 5.75 Å². The number of hydrogen-bond acceptors (Lipinski definition) is 6. The molecule has 9 heteroatoms. The highest BCUT2D eigenvalue weighted by atomic mass is 32.2. The van der Waals surface area contributed by atoms with Crippen LogP contribution in [0.3, 0.4) is 0 Å². The number of esters is 1. The number of hydrogen-bond donors (Lipinski definition) is 0. The summed E-state index contributed by atoms with van der Waals surface area (Å²) in [5.41, 5.74) is 4.24. The van der Waals surface area contributed by atoms with Crippen molar-refractivity contribution in [2.24, 2.45) is 0 Å². The van der Waals surface area contributed by atoms with Crippen LogP contribution < -0.4 is 4.74 Å². The van der Waals surface area contributed by atoms with E-state index in [0.29, 0.717) is 33.2 Å². The third-order valence-electron chi connectivity index (χ3n) is 7.61. The van der Waals surface area contributed by atoms with Crippen LogP contribution in [0.5, 0.6) is 5.75 Å². The zero-order valence-electron chi connectivity index (χ0n) is 23.1. The lowest BCUT2D eigenvalue weighted by Gasteiger charge is -2.17. The number of aromatic nitrogens is 1. The fourth-order valence-electron chi connectivity index (χ4n) is 5.65. The van der Waals surface area contributed by atoms with Crippen molar-refractivity contribution in [2.45, 2.75) is 31.8 Å². The minimum absolute atomic E-state index is 0.0721. The van der Waals surface area contributed by atoms with Crippen LogP contribution >= 0.6 is 0 Å². The number of nitrogens with zero attached hydrogens (tertiary/aromatic N) is 2. The van der Waals surface area contributed by atoms with Crippen molar-refractivity contribution < 1.29 is 27.5 Å². The minimum Gasteiger partial charge on any atom is -0.496 e. The maximum absolute atomic E-state index is 14.2. The van der Waals surface area contributed by atoms with Crippen molar-refractivity contribution in [2.75, 3.05) is 14.2 Å². The topological polar surface area (TPSA) is 94.9 Å². The molecule has 6 rings (SSSR count). The number of methoxy groups -OCH3 is 2. The number of carbonyl (C=O) groups is 2. The van der Waals surface area contributed by atoms with Crippen LogP contribution in [-0.4, -0.2) is 43.4 Å². The molecule has 0 bridgehead atoms. The van der Waals surface area contributed by atoms with E-state index in [9.17, 15) is 18.0 Å². The Balaban J connectivity index is 1.66. The molecule has 0 saturated carbocycles. The number of amides is 1. The average molecular weight is 569 g/mol. The summed E-state index contributed by atoms with van der Waals surface area (Å²) in [5, 5.41) is 0.995. The lowest BCUT2D eigenvalue weighted by molar-refractivity contribution is 0.0602. The molecule has 0 atom stereocenters. The standard InChI is InChI=1S/C32H28N2O6S/c1-19-9-12-23(13-10-19)41(37,38)34-26-14-11-20(2)15-24(26)29-28-22(16-25(30(29)34)32(36)40-4)18-33(31(28)35)17-21-7-5-6-8-27(21)39-3/h5-16H,17-18H2,1-4H3. The van der Waals surface area contributed by atoms with E-state index >= 15 is 0 Å². The maximum atomic E-state index is 14.2. The molecule has 0 spiro atoms. The van der Waals surface area contributed by atoms with Crippen LogP contribution in [0.15, 0.2) is 77.7 Å². The molecule has 2 heterocycles. The first-order valence-corrected chi connectivity index (χ1v) is 14.5. The highest BCUT2D eigenvalue weighted by molar-refractivity contribution is 7.90. The average Bonchev–Trinajstić information content (AvgIpc) is 3.46. The molecule has 41 heavy (non-hydrogen) atoms. The van der Waals surface area contributed by atoms with Gasteiger partial charge in [-0.3, -0.25) is 4.79 Å². The van der Waals surface area contributed by atoms with Gasteiger partial charge in [0.15, 0.2) is 0 Å². The third kappa shape index (κ3) is 4.15. The second-order valence-corrected chi connectivity index (χ2v) is 12.0. The van der Waals surface area contributed by atoms with E-state index in [0.717, 1.165) is 16.7 Å². The van der Waals surface area contributed by atoms with Crippen LogP contribution in [0.2, 0.25) is 0 Å². The number of carbonyl (C=O) groups excluding carboxylic acids is 2. The van der Waals surface area contributed by atoms with Gasteiger partial charge in [0.05, 0.1) is 41.3 Å². The van der Waals surface area contributed by atoms with Crippen LogP contribution in [-0.2, 0) is 27.8 Å². The quantitative estimate of drug-likeness (QED) is 0.248. The molecule has 0 radical (unpaired) electrons. The molecule has 0 aliphatic carbocycles. The second kappa shape index (κ2) is 9.78. The van der Waals surface area contributed by atoms with Gasteiger partial charge < -0.3 is 14.4 Å². The van der Waals surface area contributed by atoms with E-state index in [-0.39, 0.29) is 35.0 Å². The molecular weight excluding hydrogens is 540 g/mol. The zero-order valence-corrected chi connectivity index (χ0v) is 23.9. The molecule has 0 N–H and O–H groups in total. The molecule has 8 nitrogen and oxygen atoms in total. The summed E-state index contributed by atoms with van der Waals surface area (Å²) in [7, 11) is -1.34. The van der Waals surface area contributed by atoms with Gasteiger partial charge in [-0.05, 0) is 55.8 Å². The van der Waals surface area contributed by atoms with Gasteiger partial charge in [0, 0.05) is 29.4 Å². The molecule has 5 aromatic rings. The Bertz CT molecular complexity index is 1990. The normalized spacial score (nSPS) is 13.2. The predicted octanol–water partition coefficient (Wildman–Crippen LogP) is 5.60. The van der Waals surface area contributed by atoms with Crippen molar-refractivity contribution in [3.63, 3.8) is 0 Å². The molecule has 1 aromatic heterocycles. The van der Waals surface area contributed by atoms with E-state index in [1.54, 1.807) is 48.4 Å². The molecule has 208 valence electrons. The molecule has 1 aliphatic heterocycles. The number of rotatable bonds is 6. The second-order valence-electron chi connectivity index (χ2n) is 10.2. The van der Waals surface area contributed by atoms with Crippen LogP contribution in [0, 0.1) is 13.8 Å². The van der Waals surface area contributed by atoms with Gasteiger partial charge in [-0.25, -0.2) is 17.2 Å². The summed E-state index contributed by atoms with van der Waals surface area (Å²) in [4.78, 5) is 29.0. The summed E-state index contributed by atoms with van der Waals surface area (Å²) in [6.45, 7) is 4.30. The van der Waals surface area contributed by atoms with Crippen LogP contribution in [0.1, 0.15) is 43.0 Å². The van der Waals surface area contributed by atoms with E-state index < -0.39 is 16.0 Å². The van der Waals surface area contributed by atoms with Gasteiger partial charge in [0.2, 0.25) is 0 Å². The Labute approximate surface area is 237 Å². The van der Waals surface area contributed by atoms with Crippen LogP contribution in [0.4, 0.5) is 0 Å². The van der Waals surface area contributed by atoms with E-state index in [4.69, 9.17) is 9.47 Å². The zero-order chi connectivity index (χ0) is 29.1. The monoisotopic (exact) mass is 568 g/mol. The predicted molar refractivity (Wildman–Crippen MR) is 156 cm³/mol. The molecule has 0 saturated heterocycles. The Kier molecular flexibility index (Phi) is 6.34. The number of para-hydroxylation sites is 1. The third-order valence-corrected chi connectivity index (χ3v) is 9.33. The van der Waals surface area contributed by atoms with Gasteiger partial charge in [-0.2, -0.15) is 0 Å². The van der Waals surface area contributed by atoms with E-state index in [2.05, 4.69) is 0 Å². The Hall–Kier alpha value is -4.63. The molecule has 0 fully saturated rings. The molecule has 4 aromatic carbocycles. The minimum atomic E-state index is -4.18. The summed E-state index contributed by atoms with van der Waals surface area (Å²) < 4.78 is 40.3. The Morgan fingerprint density at radius 1 is 0.927 bits per heavy atom. The Morgan fingerprint density at radius 2 is 1.63 bits per heavy atom. The van der Waals surface area contributed by atoms with Crippen molar-refractivity contribution in [1.29, 1.82) is 0 Å². The highest BCUT2D eigenvalue weighted by Crippen LogP contribution is 2.42. The van der Waals surface area contributed by atoms with E-state index in [1.807, 2.05) is 50.2 Å². The van der Waals surface area contributed by atoms with Crippen molar-refractivity contribution in [3.8, 4) is 5.75 Å². The van der Waals surface area contributed by atoms with Crippen molar-refractivity contribution in [3.05, 3.63) is 106 Å². The molecular formula is C32H28N2O6S. The first kappa shape index (κ1) is 26.6. The number of benzene rings is 4. The van der Waals surface area contributed by atoms with Gasteiger partial charge in [0.25, 0.3) is 15.9 Å². The summed E-state index contributed by atoms with van der Waals surface area (Å²) in [6, 6.07) is 21.0. The smallest absolute Gasteiger partial charge is 0.340 e. The number of ether oxygens (including phenoxy) is 2. The van der Waals surface area contributed by atoms with Gasteiger partial charge in [-0.15, -0.1) is 0 Å². The fourth-order valence-corrected chi connectivity index (χ4v) is 7.19. The summed E-state index contributed by atoms with van der Waals surface area (Å²) in [5.74, 6) is -0.276. The lowest BCUT2D eigenvalue weighted by Crippen LogP contribution is -2.23. The number of fused-ring (bicyclic) bond motifs is 5. The summed E-state index contributed by atoms with van der Waals surface area (Å²) >= 11 is 0. The maximum Gasteiger partial charge on any atom is 0.340 e. The van der Waals surface area contributed by atoms with E-state index in [1.165, 1.54) is 11.1 Å². The molecule has 0 unspecified atom stereocenters. The first-order valence-electron chi connectivity index (χ1n) is 13.1. The fraction of sp³-hybridized carbons (Fsp3) is 0.188. The van der Waals surface area contributed by atoms with Gasteiger partial charge >= 0.3 is 5.97 Å². The Morgan fingerprint density at radius 3 is 2.34 bits per heavy atom. The lowest BCUT2D eigenvalue weighted by atomic mass is 9.98. The number of aryl methyl sites for hydroxylation is 2. The van der Waals surface area contributed by atoms with Crippen LogP contribution in [0.25, 0.3) is 21.8 Å². The summed E-state index contributed by atoms with van der Waals surface area (Å²) in [6.07, 6.45) is 0. The van der Waals surface area contributed by atoms with Crippen molar-refractivity contribution in [1.82, 2.24) is 8.87 Å². The largest absolute Gasteiger partial charge is 0.496 e. The first-order chi connectivity index (χ1) is 19.6. The SMILES string of the molecule is COC(=O)c1cc2c(c3c4cc(C)ccc4n(S(=O)(=O)c4ccc(C)cc4)c13)C(=O)N(Cc1ccccc1OC)C2. The van der Waals surface area contributed by atoms with Crippen molar-refractivity contribution >= 4 is 43.7 Å².